The van der Waals surface area contributed by atoms with Crippen LogP contribution in [0.5, 0.6) is 0 Å². The van der Waals surface area contributed by atoms with Gasteiger partial charge in [-0.3, -0.25) is 14.4 Å². The van der Waals surface area contributed by atoms with Gasteiger partial charge in [-0.15, -0.1) is 0 Å². The van der Waals surface area contributed by atoms with Gasteiger partial charge in [0.05, 0.1) is 0 Å². The summed E-state index contributed by atoms with van der Waals surface area (Å²) in [6, 6.07) is -0.458. The summed E-state index contributed by atoms with van der Waals surface area (Å²) < 4.78 is 0. The molecule has 3 rings (SSSR count). The van der Waals surface area contributed by atoms with Crippen LogP contribution in [0.1, 0.15) is 72.1 Å². The van der Waals surface area contributed by atoms with Gasteiger partial charge in [-0.1, -0.05) is 13.8 Å². The molecule has 2 atom stereocenters. The average Bonchev–Trinajstić information content (AvgIpc) is 3.60. The fourth-order valence-electron chi connectivity index (χ4n) is 5.27. The van der Waals surface area contributed by atoms with Crippen LogP contribution in [0.25, 0.3) is 0 Å². The maximum absolute atomic E-state index is 13.2. The van der Waals surface area contributed by atoms with Crippen molar-refractivity contribution >= 4 is 17.7 Å². The second kappa shape index (κ2) is 10.8. The Morgan fingerprint density at radius 3 is 2.23 bits per heavy atom. The predicted molar refractivity (Wildman–Crippen MR) is 121 cm³/mol. The van der Waals surface area contributed by atoms with Crippen molar-refractivity contribution in [2.45, 2.75) is 84.2 Å². The molecule has 2 aliphatic carbocycles. The van der Waals surface area contributed by atoms with Gasteiger partial charge in [-0.05, 0) is 75.7 Å². The Hall–Kier alpha value is -1.63. The molecule has 1 aliphatic heterocycles. The average molecular weight is 435 g/mol. The zero-order chi connectivity index (χ0) is 22.5. The molecule has 0 radical (unpaired) electrons. The van der Waals surface area contributed by atoms with Gasteiger partial charge in [-0.25, -0.2) is 0 Å². The van der Waals surface area contributed by atoms with E-state index in [0.717, 1.165) is 58.0 Å². The van der Waals surface area contributed by atoms with Gasteiger partial charge in [0, 0.05) is 38.5 Å². The lowest BCUT2D eigenvalue weighted by Crippen LogP contribution is -2.58. The number of amides is 3. The first-order valence-electron chi connectivity index (χ1n) is 12.4. The molecular weight excluding hydrogens is 392 g/mol. The Morgan fingerprint density at radius 1 is 1.03 bits per heavy atom. The number of piperidine rings is 1. The van der Waals surface area contributed by atoms with Crippen LogP contribution >= 0.6 is 0 Å². The Balaban J connectivity index is 1.62. The first-order valence-corrected chi connectivity index (χ1v) is 12.4. The van der Waals surface area contributed by atoms with Crippen molar-refractivity contribution in [3.63, 3.8) is 0 Å². The number of nitrogens with zero attached hydrogens (tertiary/aromatic N) is 2. The molecule has 176 valence electrons. The van der Waals surface area contributed by atoms with Crippen LogP contribution in [-0.2, 0) is 14.4 Å². The Kier molecular flexibility index (Phi) is 8.36. The zero-order valence-corrected chi connectivity index (χ0v) is 19.6. The minimum atomic E-state index is -0.488. The molecule has 0 spiro atoms. The van der Waals surface area contributed by atoms with Crippen molar-refractivity contribution in [3.05, 3.63) is 0 Å². The molecule has 1 unspecified atom stereocenters. The van der Waals surface area contributed by atoms with E-state index in [4.69, 9.17) is 5.73 Å². The molecule has 0 aromatic carbocycles. The van der Waals surface area contributed by atoms with Gasteiger partial charge in [0.1, 0.15) is 6.04 Å². The molecular formula is C24H42N4O3. The number of nitrogens with two attached hydrogens (primary N) is 1. The summed E-state index contributed by atoms with van der Waals surface area (Å²) in [4.78, 5) is 42.1. The van der Waals surface area contributed by atoms with Gasteiger partial charge >= 0.3 is 0 Å². The van der Waals surface area contributed by atoms with Gasteiger partial charge in [0.25, 0.3) is 0 Å². The third-order valence-corrected chi connectivity index (χ3v) is 7.36. The number of rotatable bonds is 8. The minimum Gasteiger partial charge on any atom is -0.354 e. The molecule has 0 aromatic rings. The second-order valence-electron chi connectivity index (χ2n) is 10.4. The lowest BCUT2D eigenvalue weighted by Gasteiger charge is -2.43. The van der Waals surface area contributed by atoms with Crippen molar-refractivity contribution in [3.8, 4) is 0 Å². The number of hydrogen-bond acceptors (Lipinski definition) is 4. The summed E-state index contributed by atoms with van der Waals surface area (Å²) in [6.07, 6.45) is 7.72. The van der Waals surface area contributed by atoms with Gasteiger partial charge < -0.3 is 20.9 Å². The fraction of sp³-hybridized carbons (Fsp3) is 0.875. The zero-order valence-electron chi connectivity index (χ0n) is 19.6. The van der Waals surface area contributed by atoms with Crippen molar-refractivity contribution in [2.24, 2.45) is 29.4 Å². The normalized spacial score (nSPS) is 29.0. The van der Waals surface area contributed by atoms with Crippen LogP contribution in [0.15, 0.2) is 0 Å². The minimum absolute atomic E-state index is 0.0295. The van der Waals surface area contributed by atoms with Crippen molar-refractivity contribution in [1.82, 2.24) is 15.1 Å². The molecule has 1 saturated heterocycles. The first kappa shape index (κ1) is 24.0. The van der Waals surface area contributed by atoms with Crippen LogP contribution in [0.4, 0.5) is 0 Å². The van der Waals surface area contributed by atoms with E-state index in [1.165, 1.54) is 6.92 Å². The van der Waals surface area contributed by atoms with Crippen LogP contribution in [-0.4, -0.2) is 65.8 Å². The maximum atomic E-state index is 13.2. The smallest absolute Gasteiger partial charge is 0.242 e. The third-order valence-electron chi connectivity index (χ3n) is 7.36. The topological polar surface area (TPSA) is 95.7 Å². The Morgan fingerprint density at radius 2 is 1.68 bits per heavy atom. The van der Waals surface area contributed by atoms with E-state index < -0.39 is 6.04 Å². The maximum Gasteiger partial charge on any atom is 0.242 e. The van der Waals surface area contributed by atoms with Crippen LogP contribution < -0.4 is 11.1 Å². The molecule has 7 nitrogen and oxygen atoms in total. The highest BCUT2D eigenvalue weighted by atomic mass is 16.2. The van der Waals surface area contributed by atoms with Gasteiger partial charge in [-0.2, -0.15) is 0 Å². The largest absolute Gasteiger partial charge is 0.354 e. The fourth-order valence-corrected chi connectivity index (χ4v) is 5.27. The summed E-state index contributed by atoms with van der Waals surface area (Å²) in [6.45, 7) is 8.46. The van der Waals surface area contributed by atoms with Crippen LogP contribution in [0.3, 0.4) is 0 Å². The number of hydrogen-bond donors (Lipinski definition) is 2. The van der Waals surface area contributed by atoms with E-state index >= 15 is 0 Å². The SMILES string of the molecule is CC(=O)N1CCC(N(CC(C)C)C(=O)C2CC2)C[C@@H]1C(=O)NCC1CCC(CN)CC1. The highest BCUT2D eigenvalue weighted by Gasteiger charge is 2.42. The molecule has 3 N–H and O–H groups in total. The molecule has 0 aromatic heterocycles. The monoisotopic (exact) mass is 434 g/mol. The summed E-state index contributed by atoms with van der Waals surface area (Å²) in [5.74, 6) is 1.77. The lowest BCUT2D eigenvalue weighted by molar-refractivity contribution is -0.145. The van der Waals surface area contributed by atoms with Crippen LogP contribution in [0, 0.1) is 23.7 Å². The number of carbonyl (C=O) groups excluding carboxylic acids is 3. The summed E-state index contributed by atoms with van der Waals surface area (Å²) in [5, 5.41) is 3.14. The van der Waals surface area contributed by atoms with E-state index in [9.17, 15) is 14.4 Å². The second-order valence-corrected chi connectivity index (χ2v) is 10.4. The van der Waals surface area contributed by atoms with Crippen molar-refractivity contribution in [1.29, 1.82) is 0 Å². The van der Waals surface area contributed by atoms with Crippen LogP contribution in [0.2, 0.25) is 0 Å². The van der Waals surface area contributed by atoms with Gasteiger partial charge in [0.15, 0.2) is 0 Å². The van der Waals surface area contributed by atoms with Gasteiger partial charge in [0.2, 0.25) is 17.7 Å². The summed E-state index contributed by atoms with van der Waals surface area (Å²) in [5.41, 5.74) is 5.79. The molecule has 2 saturated carbocycles. The first-order chi connectivity index (χ1) is 14.8. The summed E-state index contributed by atoms with van der Waals surface area (Å²) in [7, 11) is 0. The van der Waals surface area contributed by atoms with E-state index in [2.05, 4.69) is 19.2 Å². The van der Waals surface area contributed by atoms with Crippen molar-refractivity contribution in [2.75, 3.05) is 26.2 Å². The summed E-state index contributed by atoms with van der Waals surface area (Å²) >= 11 is 0. The third kappa shape index (κ3) is 6.43. The number of likely N-dealkylation sites (tertiary alicyclic amines) is 1. The lowest BCUT2D eigenvalue weighted by atomic mass is 9.82. The molecule has 3 aliphatic rings. The van der Waals surface area contributed by atoms with E-state index in [-0.39, 0.29) is 29.7 Å². The number of nitrogens with one attached hydrogen (secondary N) is 1. The van der Waals surface area contributed by atoms with E-state index in [1.54, 1.807) is 4.90 Å². The molecule has 7 heteroatoms. The number of carbonyl (C=O) groups is 3. The molecule has 3 amide bonds. The predicted octanol–water partition coefficient (Wildman–Crippen LogP) is 2.14. The molecule has 31 heavy (non-hydrogen) atoms. The van der Waals surface area contributed by atoms with E-state index in [0.29, 0.717) is 37.3 Å². The standard InChI is InChI=1S/C24H42N4O3/c1-16(2)15-28(24(31)20-8-9-20)21-10-11-27(17(3)29)22(12-21)23(30)26-14-19-6-4-18(13-25)5-7-19/h16,18-22H,4-15,25H2,1-3H3,(H,26,30)/t18?,19?,21?,22-/m1/s1. The van der Waals surface area contributed by atoms with Crippen molar-refractivity contribution < 1.29 is 14.4 Å². The molecule has 1 heterocycles. The van der Waals surface area contributed by atoms with E-state index in [1.807, 2.05) is 4.90 Å². The highest BCUT2D eigenvalue weighted by molar-refractivity contribution is 5.87. The highest BCUT2D eigenvalue weighted by Crippen LogP contribution is 2.34. The Labute approximate surface area is 187 Å². The Bertz CT molecular complexity index is 641. The molecule has 3 fully saturated rings. The quantitative estimate of drug-likeness (QED) is 0.612. The molecule has 0 bridgehead atoms.